The van der Waals surface area contributed by atoms with E-state index in [1.165, 1.54) is 13.8 Å². The minimum absolute atomic E-state index is 0.00854. The van der Waals surface area contributed by atoms with Gasteiger partial charge in [0, 0.05) is 86.9 Å². The van der Waals surface area contributed by atoms with Gasteiger partial charge in [0.05, 0.1) is 22.7 Å². The number of Topliss-reactive ketones (excluding diaryl/α,β-unsaturated/α-hetero) is 3. The SMILES string of the molecule is CC(=O)OC1CC2CC(C)CCC2(C)C2CC(OC(C)=O)C3(C)C(C(C)CCC(=O)OCC(F)(F)S(=O)(=O)[O-])CCC3C12.CC(CCC(=O)OCC(F)(F)S(=O)(=O)[O-])C1CCC2C3C(=O)CC4CC(=O)CCC4(C)C3CC(=O)C12C.O=C(COC(=O)C12CC3CC(CC(C3)C1)C2)OCC(F)(F)S(=O)(=O)[O-].O=C1OC2C3CC(C2OC(=O)C24CC5CC(CC(C5)C2)C4)C(C(=O)OCC(F)(F)S(=O)(=O)[O-])C13. The number of halogens is 8. The molecule has 18 aliphatic carbocycles. The third kappa shape index (κ3) is 20.9. The zero-order valence-corrected chi connectivity index (χ0v) is 82.4. The molecule has 0 aromatic carbocycles. The Morgan fingerprint density at radius 1 is 0.468 bits per heavy atom. The van der Waals surface area contributed by atoms with Crippen LogP contribution in [0.5, 0.6) is 0 Å². The number of hydrogen-bond acceptors (Lipinski definition) is 33. The summed E-state index contributed by atoms with van der Waals surface area (Å²) in [4.78, 5) is 151. The summed E-state index contributed by atoms with van der Waals surface area (Å²) in [5.74, 6) is -5.80. The van der Waals surface area contributed by atoms with Crippen molar-refractivity contribution < 1.29 is 187 Å². The van der Waals surface area contributed by atoms with Crippen molar-refractivity contribution in [3.63, 3.8) is 0 Å². The largest absolute Gasteiger partial charge is 0.743 e. The maximum absolute atomic E-state index is 13.8. The van der Waals surface area contributed by atoms with E-state index < -0.39 is 188 Å². The summed E-state index contributed by atoms with van der Waals surface area (Å²) >= 11 is 0. The molecule has 10 bridgehead atoms. The number of ether oxygens (including phenoxy) is 9. The number of hydrogen-bond donors (Lipinski definition) is 0. The minimum Gasteiger partial charge on any atom is -0.743 e. The van der Waals surface area contributed by atoms with Gasteiger partial charge in [0.15, 0.2) is 73.5 Å². The fourth-order valence-corrected chi connectivity index (χ4v) is 32.3. The molecule has 0 amide bonds. The van der Waals surface area contributed by atoms with E-state index in [9.17, 15) is 145 Å². The fourth-order valence-electron chi connectivity index (χ4n) is 31.4. The third-order valence-electron chi connectivity index (χ3n) is 37.3. The number of carbonyl (C=O) groups is 12. The van der Waals surface area contributed by atoms with E-state index in [4.69, 9.17) is 23.7 Å². The van der Waals surface area contributed by atoms with E-state index in [0.29, 0.717) is 105 Å². The van der Waals surface area contributed by atoms with Crippen LogP contribution >= 0.6 is 0 Å². The first-order chi connectivity index (χ1) is 64.2. The monoisotopic (exact) mass is 2060 g/mol. The minimum atomic E-state index is -6.02. The molecule has 0 N–H and O–H groups in total. The van der Waals surface area contributed by atoms with Crippen molar-refractivity contribution in [2.24, 2.45) is 169 Å². The summed E-state index contributed by atoms with van der Waals surface area (Å²) in [5, 5.41) is -18.9. The summed E-state index contributed by atoms with van der Waals surface area (Å²) in [7, 11) is -23.8. The van der Waals surface area contributed by atoms with E-state index >= 15 is 0 Å². The lowest BCUT2D eigenvalue weighted by molar-refractivity contribution is -0.221. The van der Waals surface area contributed by atoms with Crippen LogP contribution in [0.2, 0.25) is 0 Å². The van der Waals surface area contributed by atoms with Crippen LogP contribution in [0.15, 0.2) is 0 Å². The van der Waals surface area contributed by atoms with Gasteiger partial charge in [-0.15, -0.1) is 0 Å². The number of ketones is 3. The predicted molar refractivity (Wildman–Crippen MR) is 457 cm³/mol. The molecule has 0 aromatic rings. The molecular weight excluding hydrogens is 1940 g/mol. The molecule has 25 unspecified atom stereocenters. The summed E-state index contributed by atoms with van der Waals surface area (Å²) < 4.78 is 279. The van der Waals surface area contributed by atoms with E-state index in [1.54, 1.807) is 0 Å². The Morgan fingerprint density at radius 2 is 0.921 bits per heavy atom. The highest BCUT2D eigenvalue weighted by atomic mass is 32.2. The molecule has 0 aromatic heterocycles. The first-order valence-corrected chi connectivity index (χ1v) is 54.3. The van der Waals surface area contributed by atoms with Gasteiger partial charge in [0.1, 0.15) is 41.8 Å². The molecule has 0 radical (unpaired) electrons. The van der Waals surface area contributed by atoms with Gasteiger partial charge in [-0.3, -0.25) is 52.7 Å². The van der Waals surface area contributed by atoms with Gasteiger partial charge >= 0.3 is 74.7 Å². The molecule has 1 heterocycles. The molecule has 33 nitrogen and oxygen atoms in total. The maximum atomic E-state index is 13.8. The molecule has 19 rings (SSSR count). The molecule has 19 fully saturated rings. The van der Waals surface area contributed by atoms with E-state index in [0.717, 1.165) is 116 Å². The normalized spacial score (nSPS) is 40.1. The van der Waals surface area contributed by atoms with Gasteiger partial charge in [-0.1, -0.05) is 54.9 Å². The van der Waals surface area contributed by atoms with E-state index in [-0.39, 0.29) is 149 Å². The Bertz CT molecular complexity index is 5220. The second kappa shape index (κ2) is 38.9. The van der Waals surface area contributed by atoms with Crippen LogP contribution < -0.4 is 0 Å². The molecular formula is C94H126F8O33S4-4. The predicted octanol–water partition coefficient (Wildman–Crippen LogP) is 12.2. The highest BCUT2D eigenvalue weighted by molar-refractivity contribution is 7.87. The van der Waals surface area contributed by atoms with E-state index in [1.807, 2.05) is 20.8 Å². The summed E-state index contributed by atoms with van der Waals surface area (Å²) in [5.41, 5.74) is -2.53. The molecule has 25 atom stereocenters. The van der Waals surface area contributed by atoms with Gasteiger partial charge in [0.2, 0.25) is 0 Å². The fraction of sp³-hybridized carbons (Fsp3) is 0.872. The molecule has 0 spiro atoms. The average Bonchev–Trinajstić information content (AvgIpc) is 1.61. The van der Waals surface area contributed by atoms with Crippen molar-refractivity contribution >= 4 is 112 Å². The van der Waals surface area contributed by atoms with Crippen molar-refractivity contribution in [2.75, 3.05) is 33.0 Å². The lowest BCUT2D eigenvalue weighted by Crippen LogP contribution is -2.63. The van der Waals surface area contributed by atoms with Gasteiger partial charge in [-0.25, -0.2) is 38.5 Å². The smallest absolute Gasteiger partial charge is 0.367 e. The Kier molecular flexibility index (Phi) is 30.3. The molecule has 139 heavy (non-hydrogen) atoms. The highest BCUT2D eigenvalue weighted by Gasteiger charge is 2.73. The molecule has 784 valence electrons. The summed E-state index contributed by atoms with van der Waals surface area (Å²) in [6, 6.07) is 0. The summed E-state index contributed by atoms with van der Waals surface area (Å²) in [6.07, 6.45) is 19.6. The Morgan fingerprint density at radius 3 is 1.41 bits per heavy atom. The zero-order chi connectivity index (χ0) is 102. The Hall–Kier alpha value is -6.68. The molecule has 19 aliphatic rings. The van der Waals surface area contributed by atoms with Crippen LogP contribution in [0, 0.1) is 169 Å². The molecule has 45 heteroatoms. The lowest BCUT2D eigenvalue weighted by Gasteiger charge is -2.64. The van der Waals surface area contributed by atoms with Gasteiger partial charge < -0.3 is 60.8 Å². The van der Waals surface area contributed by atoms with Crippen molar-refractivity contribution in [1.29, 1.82) is 0 Å². The van der Waals surface area contributed by atoms with E-state index in [2.05, 4.69) is 46.6 Å². The first-order valence-electron chi connectivity index (χ1n) is 48.7. The Balaban J connectivity index is 0.000000150. The number of carbonyl (C=O) groups excluding carboxylic acids is 12. The maximum Gasteiger partial charge on any atom is 0.367 e. The first kappa shape index (κ1) is 108. The standard InChI is InChI=1S/C31H48F2O9S.C26H36F2O8S.C22H26F2O9S.C15H20F2O7S/c1-17-11-12-29(5)21(13-17)14-25(41-19(3)34)28-23-9-8-22(30(23,6)26(15-24(28)29)42-20(4)35)18(2)7-10-27(36)40-16-31(32,33)43(37,38)39;1-14(4-7-22(32)36-13-26(27,28)37(33,34)35)17-5-6-18-23-19(12-21(31)25(17,18)3)24(2)9-8-16(29)10-15(24)11-20(23)30;23-22(24,34(28,29)30)8-31-18(25)14-12-4-13-15(14)19(26)32-16(13)17(12)33-20(27)21-5-9-1-10(6-21)3-11(2-9)7-21;16-15(17,25(20,21)22)8-24-12(18)7-23-13(19)14-4-9-1-10(5-14)3-11(2-9)6-14/h17-18,21-26,28H,7-16H2,1-6H3,(H,37,38,39);14-15,17-19,23H,4-13H2,1-3H3,(H,33,34,35);9-17H,1-8H2,(H,28,29,30);9-11H,1-8H2,(H,20,21,22)/p-4. The Labute approximate surface area is 802 Å². The quantitative estimate of drug-likeness (QED) is 0.0304. The molecule has 18 saturated carbocycles. The van der Waals surface area contributed by atoms with Crippen LogP contribution in [0.3, 0.4) is 0 Å². The second-order valence-electron chi connectivity index (χ2n) is 45.4. The number of rotatable bonds is 28. The van der Waals surface area contributed by atoms with Crippen molar-refractivity contribution in [1.82, 2.24) is 0 Å². The van der Waals surface area contributed by atoms with Crippen LogP contribution in [0.25, 0.3) is 0 Å². The molecule has 1 saturated heterocycles. The van der Waals surface area contributed by atoms with Gasteiger partial charge in [0.25, 0.3) is 0 Å². The molecule has 1 aliphatic heterocycles. The van der Waals surface area contributed by atoms with Crippen molar-refractivity contribution in [3.8, 4) is 0 Å². The van der Waals surface area contributed by atoms with Gasteiger partial charge in [-0.2, -0.15) is 35.1 Å². The summed E-state index contributed by atoms with van der Waals surface area (Å²) in [6.45, 7) is 9.25. The van der Waals surface area contributed by atoms with Crippen molar-refractivity contribution in [3.05, 3.63) is 0 Å². The van der Waals surface area contributed by atoms with Gasteiger partial charge in [-0.05, 0) is 266 Å². The average molecular weight is 2060 g/mol. The van der Waals surface area contributed by atoms with Crippen LogP contribution in [0.4, 0.5) is 35.1 Å². The third-order valence-corrected chi connectivity index (χ3v) is 40.7. The van der Waals surface area contributed by atoms with Crippen LogP contribution in [-0.2, 0) is 141 Å². The second-order valence-corrected chi connectivity index (χ2v) is 51.5. The highest BCUT2D eigenvalue weighted by Crippen LogP contribution is 2.72. The topological polar surface area (TPSA) is 517 Å². The zero-order valence-electron chi connectivity index (χ0n) is 79.2. The lowest BCUT2D eigenvalue weighted by atomic mass is 9.42. The number of esters is 9. The number of fused-ring (bicyclic) bond motifs is 11. The van der Waals surface area contributed by atoms with Crippen LogP contribution in [0.1, 0.15) is 261 Å². The van der Waals surface area contributed by atoms with Crippen LogP contribution in [-0.4, -0.2) is 201 Å². The number of alkyl halides is 8. The van der Waals surface area contributed by atoms with Crippen molar-refractivity contribution in [2.45, 2.75) is 307 Å².